The smallest absolute Gasteiger partial charge is 0.410 e. The molecule has 6 nitrogen and oxygen atoms in total. The van der Waals surface area contributed by atoms with Gasteiger partial charge in [0.1, 0.15) is 5.60 Å². The van der Waals surface area contributed by atoms with Crippen LogP contribution in [0.15, 0.2) is 24.3 Å². The predicted molar refractivity (Wildman–Crippen MR) is 98.0 cm³/mol. The maximum Gasteiger partial charge on any atom is 0.410 e. The summed E-state index contributed by atoms with van der Waals surface area (Å²) in [5.41, 5.74) is 1.44. The number of aryl methyl sites for hydroxylation is 1. The van der Waals surface area contributed by atoms with Gasteiger partial charge in [0.15, 0.2) is 0 Å². The maximum absolute atomic E-state index is 12.7. The number of hydrogen-bond acceptors (Lipinski definition) is 4. The summed E-state index contributed by atoms with van der Waals surface area (Å²) in [6, 6.07) is 7.86. The molecule has 0 saturated carbocycles. The predicted octanol–water partition coefficient (Wildman–Crippen LogP) is 3.62. The van der Waals surface area contributed by atoms with Gasteiger partial charge in [-0.25, -0.2) is 4.79 Å². The van der Waals surface area contributed by atoms with E-state index in [0.29, 0.717) is 26.2 Å². The fourth-order valence-corrected chi connectivity index (χ4v) is 2.92. The monoisotopic (exact) mass is 363 g/mol. The Kier molecular flexibility index (Phi) is 7.03. The minimum absolute atomic E-state index is 0.102. The summed E-state index contributed by atoms with van der Waals surface area (Å²) in [6.45, 7) is 7.37. The Morgan fingerprint density at radius 3 is 2.27 bits per heavy atom. The van der Waals surface area contributed by atoms with Crippen LogP contribution in [-0.4, -0.2) is 46.9 Å². The van der Waals surface area contributed by atoms with Crippen LogP contribution in [0.5, 0.6) is 0 Å². The number of carbonyl (C=O) groups excluding carboxylic acids is 1. The van der Waals surface area contributed by atoms with Crippen molar-refractivity contribution in [2.45, 2.75) is 64.6 Å². The molecule has 6 heteroatoms. The van der Waals surface area contributed by atoms with Crippen molar-refractivity contribution in [2.24, 2.45) is 0 Å². The molecule has 1 heterocycles. The van der Waals surface area contributed by atoms with Crippen molar-refractivity contribution in [3.63, 3.8) is 0 Å². The van der Waals surface area contributed by atoms with E-state index >= 15 is 0 Å². The van der Waals surface area contributed by atoms with Crippen LogP contribution in [0.2, 0.25) is 0 Å². The average molecular weight is 363 g/mol. The summed E-state index contributed by atoms with van der Waals surface area (Å²) < 4.78 is 11.0. The second kappa shape index (κ2) is 9.03. The van der Waals surface area contributed by atoms with Crippen LogP contribution in [0.25, 0.3) is 0 Å². The molecular formula is C20H29NO5. The third-order valence-electron chi connectivity index (χ3n) is 4.26. The summed E-state index contributed by atoms with van der Waals surface area (Å²) in [6.07, 6.45) is 1.92. The van der Waals surface area contributed by atoms with Crippen LogP contribution in [0, 0.1) is 0 Å². The van der Waals surface area contributed by atoms with Gasteiger partial charge in [0, 0.05) is 32.2 Å². The first-order chi connectivity index (χ1) is 12.2. The first-order valence-electron chi connectivity index (χ1n) is 9.11. The Morgan fingerprint density at radius 1 is 1.15 bits per heavy atom. The number of ether oxygens (including phenoxy) is 2. The van der Waals surface area contributed by atoms with Crippen LogP contribution >= 0.6 is 0 Å². The van der Waals surface area contributed by atoms with E-state index in [1.54, 1.807) is 4.90 Å². The number of nitrogens with zero attached hydrogens (tertiary/aromatic N) is 1. The normalized spacial score (nSPS) is 15.5. The highest BCUT2D eigenvalue weighted by Gasteiger charge is 2.29. The molecule has 1 saturated heterocycles. The van der Waals surface area contributed by atoms with E-state index in [1.807, 2.05) is 45.0 Å². The van der Waals surface area contributed by atoms with E-state index in [0.717, 1.165) is 24.0 Å². The van der Waals surface area contributed by atoms with Crippen molar-refractivity contribution >= 4 is 12.1 Å². The molecular weight excluding hydrogens is 334 g/mol. The van der Waals surface area contributed by atoms with Gasteiger partial charge in [0.25, 0.3) is 0 Å². The topological polar surface area (TPSA) is 76.1 Å². The van der Waals surface area contributed by atoms with Crippen molar-refractivity contribution in [2.75, 3.05) is 13.2 Å². The van der Waals surface area contributed by atoms with Crippen molar-refractivity contribution in [3.8, 4) is 0 Å². The molecule has 0 aromatic heterocycles. The first kappa shape index (κ1) is 20.2. The lowest BCUT2D eigenvalue weighted by Gasteiger charge is -2.35. The number of aliphatic carboxylic acids is 1. The highest BCUT2D eigenvalue weighted by atomic mass is 16.6. The number of rotatable bonds is 6. The van der Waals surface area contributed by atoms with E-state index in [-0.39, 0.29) is 18.6 Å². The van der Waals surface area contributed by atoms with Crippen molar-refractivity contribution in [3.05, 3.63) is 35.4 Å². The third-order valence-corrected chi connectivity index (χ3v) is 4.26. The molecule has 1 aromatic rings. The van der Waals surface area contributed by atoms with Crippen LogP contribution in [0.4, 0.5) is 4.79 Å². The van der Waals surface area contributed by atoms with Gasteiger partial charge in [0.2, 0.25) is 0 Å². The summed E-state index contributed by atoms with van der Waals surface area (Å²) in [4.78, 5) is 25.2. The molecule has 2 rings (SSSR count). The van der Waals surface area contributed by atoms with Crippen LogP contribution < -0.4 is 0 Å². The standard InChI is InChI=1S/C20H29NO5/c1-20(2,3)26-19(24)21(17-10-12-25-13-11-17)14-16-6-4-15(5-7-16)8-9-18(22)23/h4-7,17H,8-14H2,1-3H3,(H,22,23). The quantitative estimate of drug-likeness (QED) is 0.835. The van der Waals surface area contributed by atoms with Gasteiger partial charge in [-0.05, 0) is 51.2 Å². The molecule has 0 unspecified atom stereocenters. The van der Waals surface area contributed by atoms with Crippen LogP contribution in [-0.2, 0) is 27.2 Å². The number of hydrogen-bond donors (Lipinski definition) is 1. The molecule has 144 valence electrons. The Bertz CT molecular complexity index is 600. The van der Waals surface area contributed by atoms with Gasteiger partial charge < -0.3 is 19.5 Å². The molecule has 1 amide bonds. The lowest BCUT2D eigenvalue weighted by molar-refractivity contribution is -0.136. The zero-order chi connectivity index (χ0) is 19.2. The summed E-state index contributed by atoms with van der Waals surface area (Å²) in [5, 5.41) is 8.78. The fourth-order valence-electron chi connectivity index (χ4n) is 2.92. The molecule has 0 atom stereocenters. The number of carbonyl (C=O) groups is 2. The summed E-state index contributed by atoms with van der Waals surface area (Å²) in [5.74, 6) is -0.801. The molecule has 0 spiro atoms. The largest absolute Gasteiger partial charge is 0.481 e. The average Bonchev–Trinajstić information content (AvgIpc) is 2.58. The zero-order valence-corrected chi connectivity index (χ0v) is 15.9. The minimum Gasteiger partial charge on any atom is -0.481 e. The second-order valence-corrected chi connectivity index (χ2v) is 7.66. The highest BCUT2D eigenvalue weighted by Crippen LogP contribution is 2.21. The molecule has 0 radical (unpaired) electrons. The van der Waals surface area contributed by atoms with E-state index in [4.69, 9.17) is 14.6 Å². The molecule has 1 aromatic carbocycles. The van der Waals surface area contributed by atoms with Gasteiger partial charge in [-0.3, -0.25) is 4.79 Å². The van der Waals surface area contributed by atoms with E-state index in [9.17, 15) is 9.59 Å². The van der Waals surface area contributed by atoms with E-state index in [1.165, 1.54) is 0 Å². The van der Waals surface area contributed by atoms with Crippen molar-refractivity contribution < 1.29 is 24.2 Å². The molecule has 0 aliphatic carbocycles. The Balaban J connectivity index is 2.07. The molecule has 1 N–H and O–H groups in total. The van der Waals surface area contributed by atoms with Gasteiger partial charge in [0.05, 0.1) is 0 Å². The molecule has 1 aliphatic heterocycles. The van der Waals surface area contributed by atoms with Gasteiger partial charge in [-0.2, -0.15) is 0 Å². The lowest BCUT2D eigenvalue weighted by Crippen LogP contribution is -2.45. The molecule has 26 heavy (non-hydrogen) atoms. The molecule has 1 aliphatic rings. The Hall–Kier alpha value is -2.08. The summed E-state index contributed by atoms with van der Waals surface area (Å²) in [7, 11) is 0. The summed E-state index contributed by atoms with van der Waals surface area (Å²) >= 11 is 0. The maximum atomic E-state index is 12.7. The van der Waals surface area contributed by atoms with Crippen LogP contribution in [0.3, 0.4) is 0 Å². The zero-order valence-electron chi connectivity index (χ0n) is 15.9. The van der Waals surface area contributed by atoms with Crippen molar-refractivity contribution in [1.29, 1.82) is 0 Å². The number of carboxylic acids is 1. The highest BCUT2D eigenvalue weighted by molar-refractivity contribution is 5.68. The Labute approximate surface area is 155 Å². The van der Waals surface area contributed by atoms with Crippen molar-refractivity contribution in [1.82, 2.24) is 4.90 Å². The number of benzene rings is 1. The SMILES string of the molecule is CC(C)(C)OC(=O)N(Cc1ccc(CCC(=O)O)cc1)C1CCOCC1. The van der Waals surface area contributed by atoms with Crippen LogP contribution in [0.1, 0.15) is 51.2 Å². The molecule has 1 fully saturated rings. The Morgan fingerprint density at radius 2 is 1.73 bits per heavy atom. The second-order valence-electron chi connectivity index (χ2n) is 7.66. The van der Waals surface area contributed by atoms with E-state index in [2.05, 4.69) is 0 Å². The number of amides is 1. The molecule has 0 bridgehead atoms. The third kappa shape index (κ3) is 6.67. The van der Waals surface area contributed by atoms with Gasteiger partial charge in [-0.15, -0.1) is 0 Å². The van der Waals surface area contributed by atoms with Gasteiger partial charge in [-0.1, -0.05) is 24.3 Å². The first-order valence-corrected chi connectivity index (χ1v) is 9.11. The number of carboxylic acid groups (broad SMARTS) is 1. The van der Waals surface area contributed by atoms with E-state index < -0.39 is 11.6 Å². The lowest BCUT2D eigenvalue weighted by atomic mass is 10.0. The minimum atomic E-state index is -0.801. The van der Waals surface area contributed by atoms with Gasteiger partial charge >= 0.3 is 12.1 Å². The fraction of sp³-hybridized carbons (Fsp3) is 0.600.